The number of hydrogen-bond donors (Lipinski definition) is 2. The number of carbonyl (C=O) groups is 1. The Hall–Kier alpha value is -2.08. The number of nitrogens with zero attached hydrogens (tertiary/aromatic N) is 3. The lowest BCUT2D eigenvalue weighted by atomic mass is 10.2. The van der Waals surface area contributed by atoms with E-state index in [9.17, 15) is 4.79 Å². The van der Waals surface area contributed by atoms with Crippen LogP contribution in [0, 0.1) is 13.8 Å². The molecule has 1 amide bonds. The van der Waals surface area contributed by atoms with Crippen LogP contribution in [0.5, 0.6) is 0 Å². The minimum Gasteiger partial charge on any atom is -0.373 e. The van der Waals surface area contributed by atoms with Crippen molar-refractivity contribution in [1.29, 1.82) is 0 Å². The van der Waals surface area contributed by atoms with Crippen molar-refractivity contribution in [3.05, 3.63) is 39.8 Å². The van der Waals surface area contributed by atoms with Gasteiger partial charge in [0.1, 0.15) is 5.82 Å². The van der Waals surface area contributed by atoms with Crippen molar-refractivity contribution in [3.63, 3.8) is 0 Å². The SMILES string of the molecule is CNc1cc(C(=O)NCc2c(C)nn(C)c2C)c(Cl)cn1. The molecule has 0 fully saturated rings. The van der Waals surface area contributed by atoms with Gasteiger partial charge in [0.2, 0.25) is 0 Å². The minimum absolute atomic E-state index is 0.235. The molecule has 112 valence electrons. The summed E-state index contributed by atoms with van der Waals surface area (Å²) in [4.78, 5) is 16.3. The van der Waals surface area contributed by atoms with E-state index in [4.69, 9.17) is 11.6 Å². The Kier molecular flexibility index (Phi) is 4.47. The first kappa shape index (κ1) is 15.3. The van der Waals surface area contributed by atoms with Crippen LogP contribution in [0.4, 0.5) is 5.82 Å². The second-order valence-corrected chi connectivity index (χ2v) is 5.16. The Bertz CT molecular complexity index is 680. The molecule has 21 heavy (non-hydrogen) atoms. The number of amides is 1. The highest BCUT2D eigenvalue weighted by Gasteiger charge is 2.14. The maximum absolute atomic E-state index is 12.3. The van der Waals surface area contributed by atoms with Crippen molar-refractivity contribution in [2.45, 2.75) is 20.4 Å². The molecule has 2 N–H and O–H groups in total. The van der Waals surface area contributed by atoms with Gasteiger partial charge in [0, 0.05) is 38.1 Å². The normalized spacial score (nSPS) is 10.5. The molecule has 0 aliphatic carbocycles. The topological polar surface area (TPSA) is 71.8 Å². The number of halogens is 1. The lowest BCUT2D eigenvalue weighted by Crippen LogP contribution is -2.24. The van der Waals surface area contributed by atoms with Crippen molar-refractivity contribution in [2.24, 2.45) is 7.05 Å². The Morgan fingerprint density at radius 1 is 1.43 bits per heavy atom. The first-order chi connectivity index (χ1) is 9.93. The molecule has 0 aromatic carbocycles. The summed E-state index contributed by atoms with van der Waals surface area (Å²) in [6.45, 7) is 4.31. The van der Waals surface area contributed by atoms with Gasteiger partial charge in [-0.3, -0.25) is 9.48 Å². The van der Waals surface area contributed by atoms with Gasteiger partial charge in [0.15, 0.2) is 0 Å². The molecule has 6 nitrogen and oxygen atoms in total. The molecule has 0 bridgehead atoms. The quantitative estimate of drug-likeness (QED) is 0.907. The summed E-state index contributed by atoms with van der Waals surface area (Å²) in [5, 5.41) is 10.4. The molecule has 0 radical (unpaired) electrons. The molecule has 2 aromatic heterocycles. The van der Waals surface area contributed by atoms with E-state index in [1.165, 1.54) is 6.20 Å². The van der Waals surface area contributed by atoms with Gasteiger partial charge in [-0.05, 0) is 19.9 Å². The molecule has 0 aliphatic heterocycles. The van der Waals surface area contributed by atoms with Crippen molar-refractivity contribution in [3.8, 4) is 0 Å². The number of anilines is 1. The number of aryl methyl sites for hydroxylation is 2. The van der Waals surface area contributed by atoms with Gasteiger partial charge < -0.3 is 10.6 Å². The second-order valence-electron chi connectivity index (χ2n) is 4.76. The number of carbonyl (C=O) groups excluding carboxylic acids is 1. The van der Waals surface area contributed by atoms with Crippen molar-refractivity contribution < 1.29 is 4.79 Å². The number of hydrogen-bond acceptors (Lipinski definition) is 4. The predicted molar refractivity (Wildman–Crippen MR) is 82.6 cm³/mol. The molecule has 0 saturated carbocycles. The highest BCUT2D eigenvalue weighted by atomic mass is 35.5. The van der Waals surface area contributed by atoms with E-state index in [1.54, 1.807) is 17.8 Å². The zero-order valence-electron chi connectivity index (χ0n) is 12.5. The fourth-order valence-electron chi connectivity index (χ4n) is 2.09. The standard InChI is InChI=1S/C14H18ClN5O/c1-8-11(9(2)20(4)19-8)6-18-14(21)10-5-13(16-3)17-7-12(10)15/h5,7H,6H2,1-4H3,(H,16,17)(H,18,21). The van der Waals surface area contributed by atoms with Crippen molar-refractivity contribution in [1.82, 2.24) is 20.1 Å². The summed E-state index contributed by atoms with van der Waals surface area (Å²) in [6, 6.07) is 1.63. The van der Waals surface area contributed by atoms with Crippen LogP contribution >= 0.6 is 11.6 Å². The maximum atomic E-state index is 12.3. The predicted octanol–water partition coefficient (Wildman–Crippen LogP) is 2.06. The summed E-state index contributed by atoms with van der Waals surface area (Å²) in [6.07, 6.45) is 1.46. The molecule has 2 rings (SSSR count). The van der Waals surface area contributed by atoms with E-state index in [1.807, 2.05) is 20.9 Å². The third-order valence-electron chi connectivity index (χ3n) is 3.44. The zero-order chi connectivity index (χ0) is 15.6. The fraction of sp³-hybridized carbons (Fsp3) is 0.357. The summed E-state index contributed by atoms with van der Waals surface area (Å²) in [5.74, 6) is 0.361. The van der Waals surface area contributed by atoms with Gasteiger partial charge in [-0.15, -0.1) is 0 Å². The van der Waals surface area contributed by atoms with Crippen LogP contribution in [0.2, 0.25) is 5.02 Å². The summed E-state index contributed by atoms with van der Waals surface area (Å²) >= 11 is 6.03. The molecule has 0 unspecified atom stereocenters. The van der Waals surface area contributed by atoms with E-state index in [0.29, 0.717) is 22.9 Å². The van der Waals surface area contributed by atoms with Gasteiger partial charge in [-0.2, -0.15) is 5.10 Å². The number of rotatable bonds is 4. The number of pyridine rings is 1. The Balaban J connectivity index is 2.15. The lowest BCUT2D eigenvalue weighted by molar-refractivity contribution is 0.0951. The third-order valence-corrected chi connectivity index (χ3v) is 3.74. The molecule has 0 spiro atoms. The van der Waals surface area contributed by atoms with Gasteiger partial charge >= 0.3 is 0 Å². The van der Waals surface area contributed by atoms with E-state index in [2.05, 4.69) is 20.7 Å². The van der Waals surface area contributed by atoms with Crippen LogP contribution < -0.4 is 10.6 Å². The van der Waals surface area contributed by atoms with Crippen molar-refractivity contribution >= 4 is 23.3 Å². The minimum atomic E-state index is -0.235. The highest BCUT2D eigenvalue weighted by molar-refractivity contribution is 6.33. The largest absolute Gasteiger partial charge is 0.373 e. The summed E-state index contributed by atoms with van der Waals surface area (Å²) < 4.78 is 1.80. The fourth-order valence-corrected chi connectivity index (χ4v) is 2.28. The second kappa shape index (κ2) is 6.13. The van der Waals surface area contributed by atoms with Crippen LogP contribution in [-0.4, -0.2) is 27.7 Å². The molecule has 2 heterocycles. The van der Waals surface area contributed by atoms with Gasteiger partial charge in [-0.1, -0.05) is 11.6 Å². The highest BCUT2D eigenvalue weighted by Crippen LogP contribution is 2.18. The molecule has 2 aromatic rings. The molecule has 0 saturated heterocycles. The van der Waals surface area contributed by atoms with E-state index in [0.717, 1.165) is 17.0 Å². The van der Waals surface area contributed by atoms with Crippen LogP contribution in [-0.2, 0) is 13.6 Å². The molecular weight excluding hydrogens is 290 g/mol. The zero-order valence-corrected chi connectivity index (χ0v) is 13.2. The number of aromatic nitrogens is 3. The van der Waals surface area contributed by atoms with E-state index >= 15 is 0 Å². The third kappa shape index (κ3) is 3.16. The van der Waals surface area contributed by atoms with Crippen molar-refractivity contribution in [2.75, 3.05) is 12.4 Å². The summed E-state index contributed by atoms with van der Waals surface area (Å²) in [5.41, 5.74) is 3.36. The van der Waals surface area contributed by atoms with Gasteiger partial charge in [-0.25, -0.2) is 4.98 Å². The molecule has 0 aliphatic rings. The van der Waals surface area contributed by atoms with Crippen LogP contribution in [0.15, 0.2) is 12.3 Å². The smallest absolute Gasteiger partial charge is 0.253 e. The van der Waals surface area contributed by atoms with Crippen LogP contribution in [0.1, 0.15) is 27.3 Å². The summed E-state index contributed by atoms with van der Waals surface area (Å²) in [7, 11) is 3.62. The lowest BCUT2D eigenvalue weighted by Gasteiger charge is -2.08. The van der Waals surface area contributed by atoms with Crippen LogP contribution in [0.3, 0.4) is 0 Å². The van der Waals surface area contributed by atoms with E-state index < -0.39 is 0 Å². The first-order valence-electron chi connectivity index (χ1n) is 6.54. The molecule has 7 heteroatoms. The monoisotopic (exact) mass is 307 g/mol. The van der Waals surface area contributed by atoms with Crippen LogP contribution in [0.25, 0.3) is 0 Å². The van der Waals surface area contributed by atoms with Gasteiger partial charge in [0.25, 0.3) is 5.91 Å². The maximum Gasteiger partial charge on any atom is 0.253 e. The van der Waals surface area contributed by atoms with Gasteiger partial charge in [0.05, 0.1) is 16.3 Å². The average Bonchev–Trinajstić information content (AvgIpc) is 2.70. The van der Waals surface area contributed by atoms with E-state index in [-0.39, 0.29) is 5.91 Å². The Labute approximate surface area is 128 Å². The number of nitrogens with one attached hydrogen (secondary N) is 2. The Morgan fingerprint density at radius 2 is 2.14 bits per heavy atom. The first-order valence-corrected chi connectivity index (χ1v) is 6.92. The Morgan fingerprint density at radius 3 is 2.71 bits per heavy atom. The average molecular weight is 308 g/mol. The molecular formula is C14H18ClN5O. The molecule has 0 atom stereocenters.